The Morgan fingerprint density at radius 1 is 0.818 bits per heavy atom. The van der Waals surface area contributed by atoms with E-state index in [1.807, 2.05) is 71.6 Å². The highest BCUT2D eigenvalue weighted by Gasteiger charge is 2.73. The number of carbonyl (C=O) groups excluding carboxylic acids is 2. The van der Waals surface area contributed by atoms with Gasteiger partial charge in [-0.1, -0.05) is 80.6 Å². The second kappa shape index (κ2) is 7.54. The SMILES string of the molecule is CC1(C)C2C(=O)N3C(c4ccccc4)OC[C@@H]3[C@H]21.O=C1C=C[C@H]2COC(c3ccccc3)N12. The van der Waals surface area contributed by atoms with Gasteiger partial charge in [-0.15, -0.1) is 0 Å². The van der Waals surface area contributed by atoms with Crippen molar-refractivity contribution in [3.8, 4) is 0 Å². The van der Waals surface area contributed by atoms with Crippen LogP contribution in [0.4, 0.5) is 0 Å². The molecule has 2 amide bonds. The number of carbonyl (C=O) groups is 2. The van der Waals surface area contributed by atoms with Crippen LogP contribution >= 0.6 is 0 Å². The van der Waals surface area contributed by atoms with Crippen molar-refractivity contribution >= 4 is 11.8 Å². The van der Waals surface area contributed by atoms with E-state index in [4.69, 9.17) is 9.47 Å². The fourth-order valence-corrected chi connectivity index (χ4v) is 6.09. The van der Waals surface area contributed by atoms with Gasteiger partial charge in [-0.25, -0.2) is 0 Å². The van der Waals surface area contributed by atoms with Gasteiger partial charge in [-0.2, -0.15) is 0 Å². The predicted molar refractivity (Wildman–Crippen MR) is 121 cm³/mol. The summed E-state index contributed by atoms with van der Waals surface area (Å²) < 4.78 is 11.5. The van der Waals surface area contributed by atoms with Crippen molar-refractivity contribution in [1.82, 2.24) is 9.80 Å². The molecule has 3 unspecified atom stereocenters. The molecular weight excluding hydrogens is 416 g/mol. The summed E-state index contributed by atoms with van der Waals surface area (Å²) >= 11 is 0. The van der Waals surface area contributed by atoms with Gasteiger partial charge in [-0.05, 0) is 11.3 Å². The molecule has 6 atom stereocenters. The molecule has 0 radical (unpaired) electrons. The van der Waals surface area contributed by atoms with Crippen LogP contribution in [0.1, 0.15) is 37.4 Å². The van der Waals surface area contributed by atoms with E-state index < -0.39 is 0 Å². The minimum Gasteiger partial charge on any atom is -0.352 e. The Bertz CT molecular complexity index is 1100. The van der Waals surface area contributed by atoms with Crippen LogP contribution in [0, 0.1) is 17.3 Å². The first-order valence-corrected chi connectivity index (χ1v) is 11.6. The largest absolute Gasteiger partial charge is 0.352 e. The third-order valence-electron chi connectivity index (χ3n) is 7.80. The fraction of sp³-hybridized carbons (Fsp3) is 0.407. The van der Waals surface area contributed by atoms with E-state index in [0.717, 1.165) is 11.1 Å². The molecule has 1 aliphatic carbocycles. The number of benzene rings is 2. The van der Waals surface area contributed by atoms with Gasteiger partial charge in [0.25, 0.3) is 0 Å². The quantitative estimate of drug-likeness (QED) is 0.709. The van der Waals surface area contributed by atoms with Crippen molar-refractivity contribution < 1.29 is 19.1 Å². The Hall–Kier alpha value is -2.96. The van der Waals surface area contributed by atoms with Gasteiger partial charge >= 0.3 is 0 Å². The lowest BCUT2D eigenvalue weighted by molar-refractivity contribution is -0.138. The maximum atomic E-state index is 12.5. The van der Waals surface area contributed by atoms with Crippen LogP contribution in [0.25, 0.3) is 0 Å². The zero-order valence-electron chi connectivity index (χ0n) is 18.8. The van der Waals surface area contributed by atoms with Crippen molar-refractivity contribution in [3.63, 3.8) is 0 Å². The zero-order valence-corrected chi connectivity index (χ0v) is 18.8. The Kier molecular flexibility index (Phi) is 4.71. The molecule has 0 spiro atoms. The first-order valence-electron chi connectivity index (χ1n) is 11.6. The molecule has 7 rings (SSSR count). The van der Waals surface area contributed by atoms with Crippen LogP contribution in [-0.2, 0) is 19.1 Å². The van der Waals surface area contributed by atoms with Crippen molar-refractivity contribution in [1.29, 1.82) is 0 Å². The van der Waals surface area contributed by atoms with E-state index in [1.54, 1.807) is 11.0 Å². The number of rotatable bonds is 2. The fourth-order valence-electron chi connectivity index (χ4n) is 6.09. The molecule has 0 N–H and O–H groups in total. The molecule has 4 fully saturated rings. The summed E-state index contributed by atoms with van der Waals surface area (Å²) in [6, 6.07) is 20.3. The lowest BCUT2D eigenvalue weighted by Gasteiger charge is -2.27. The maximum absolute atomic E-state index is 12.5. The molecule has 0 bridgehead atoms. The topological polar surface area (TPSA) is 59.1 Å². The van der Waals surface area contributed by atoms with Gasteiger partial charge < -0.3 is 19.3 Å². The van der Waals surface area contributed by atoms with Gasteiger partial charge in [0.05, 0.1) is 25.3 Å². The van der Waals surface area contributed by atoms with Crippen LogP contribution in [0.15, 0.2) is 72.8 Å². The van der Waals surface area contributed by atoms with Gasteiger partial charge in [0.1, 0.15) is 0 Å². The molecule has 4 heterocycles. The number of amides is 2. The summed E-state index contributed by atoms with van der Waals surface area (Å²) in [7, 11) is 0. The molecule has 3 saturated heterocycles. The third-order valence-corrected chi connectivity index (χ3v) is 7.80. The Labute approximate surface area is 193 Å². The molecule has 33 heavy (non-hydrogen) atoms. The van der Waals surface area contributed by atoms with E-state index in [9.17, 15) is 9.59 Å². The number of fused-ring (bicyclic) bond motifs is 4. The number of hydrogen-bond acceptors (Lipinski definition) is 4. The summed E-state index contributed by atoms with van der Waals surface area (Å²) in [5, 5.41) is 0. The van der Waals surface area contributed by atoms with Crippen molar-refractivity contribution in [2.45, 2.75) is 38.4 Å². The van der Waals surface area contributed by atoms with Crippen molar-refractivity contribution in [3.05, 3.63) is 83.9 Å². The van der Waals surface area contributed by atoms with E-state index in [0.29, 0.717) is 31.1 Å². The normalized spacial score (nSPS) is 34.6. The van der Waals surface area contributed by atoms with E-state index >= 15 is 0 Å². The predicted octanol–water partition coefficient (Wildman–Crippen LogP) is 3.68. The Morgan fingerprint density at radius 2 is 1.39 bits per heavy atom. The Morgan fingerprint density at radius 3 is 2.03 bits per heavy atom. The first kappa shape index (κ1) is 20.6. The number of nitrogens with zero attached hydrogens (tertiary/aromatic N) is 2. The second-order valence-corrected chi connectivity index (χ2v) is 10.0. The molecule has 2 aromatic carbocycles. The molecule has 1 saturated carbocycles. The van der Waals surface area contributed by atoms with Gasteiger partial charge in [0.15, 0.2) is 12.5 Å². The number of piperidine rings is 1. The summed E-state index contributed by atoms with van der Waals surface area (Å²) in [6.07, 6.45) is 3.17. The minimum atomic E-state index is -0.210. The summed E-state index contributed by atoms with van der Waals surface area (Å²) in [5.74, 6) is 1.07. The van der Waals surface area contributed by atoms with Crippen LogP contribution in [0.2, 0.25) is 0 Å². The van der Waals surface area contributed by atoms with Gasteiger partial charge in [0.2, 0.25) is 11.8 Å². The summed E-state index contributed by atoms with van der Waals surface area (Å²) in [6.45, 7) is 5.69. The summed E-state index contributed by atoms with van der Waals surface area (Å²) in [4.78, 5) is 27.8. The van der Waals surface area contributed by atoms with Crippen molar-refractivity contribution in [2.75, 3.05) is 13.2 Å². The molecule has 6 nitrogen and oxygen atoms in total. The lowest BCUT2D eigenvalue weighted by atomic mass is 10.0. The van der Waals surface area contributed by atoms with Crippen molar-refractivity contribution in [2.24, 2.45) is 17.3 Å². The first-order chi connectivity index (χ1) is 16.0. The lowest BCUT2D eigenvalue weighted by Crippen LogP contribution is -2.37. The van der Waals surface area contributed by atoms with Crippen LogP contribution in [0.5, 0.6) is 0 Å². The van der Waals surface area contributed by atoms with Gasteiger partial charge in [-0.3, -0.25) is 9.59 Å². The molecule has 170 valence electrons. The molecule has 4 aliphatic heterocycles. The highest BCUT2D eigenvalue weighted by Crippen LogP contribution is 2.67. The molecular formula is C27H28N2O4. The molecule has 6 heteroatoms. The third kappa shape index (κ3) is 3.15. The Balaban J connectivity index is 0.000000127. The number of ether oxygens (including phenoxy) is 2. The van der Waals surface area contributed by atoms with Crippen LogP contribution in [0.3, 0.4) is 0 Å². The standard InChI is InChI=1S/C15H17NO2.C12H11NO2/c1-15(2)11-10-8-18-14(9-6-4-3-5-7-9)16(10)13(17)12(11)15;14-11-7-6-10-8-15-12(13(10)11)9-4-2-1-3-5-9/h3-7,10-12,14H,8H2,1-2H3;1-7,10,12H,8H2/t10-,11-,12?,14?;10-,12?/m10/s1. The smallest absolute Gasteiger partial charge is 0.249 e. The van der Waals surface area contributed by atoms with Gasteiger partial charge in [0, 0.05) is 23.1 Å². The summed E-state index contributed by atoms with van der Waals surface area (Å²) in [5.41, 5.74) is 2.32. The number of hydrogen-bond donors (Lipinski definition) is 0. The minimum absolute atomic E-state index is 0.0475. The van der Waals surface area contributed by atoms with E-state index in [1.165, 1.54) is 0 Å². The zero-order chi connectivity index (χ0) is 22.7. The maximum Gasteiger partial charge on any atom is 0.249 e. The average molecular weight is 445 g/mol. The van der Waals surface area contributed by atoms with Crippen LogP contribution < -0.4 is 0 Å². The van der Waals surface area contributed by atoms with Crippen LogP contribution in [-0.4, -0.2) is 46.9 Å². The highest BCUT2D eigenvalue weighted by atomic mass is 16.5. The van der Waals surface area contributed by atoms with E-state index in [2.05, 4.69) is 13.8 Å². The average Bonchev–Trinajstić information content (AvgIpc) is 3.38. The molecule has 0 aromatic heterocycles. The molecule has 5 aliphatic rings. The molecule has 2 aromatic rings. The monoisotopic (exact) mass is 444 g/mol. The second-order valence-electron chi connectivity index (χ2n) is 10.0. The highest BCUT2D eigenvalue weighted by molar-refractivity contribution is 5.91. The van der Waals surface area contributed by atoms with E-state index in [-0.39, 0.29) is 35.7 Å².